The van der Waals surface area contributed by atoms with E-state index in [1.54, 1.807) is 0 Å². The van der Waals surface area contributed by atoms with Crippen molar-refractivity contribution in [2.24, 2.45) is 29.6 Å². The average Bonchev–Trinajstić information content (AvgIpc) is 2.12. The normalized spacial score (nSPS) is 49.7. The number of ketones is 1. The van der Waals surface area contributed by atoms with Crippen LogP contribution in [0.5, 0.6) is 0 Å². The number of hydrogen-bond acceptors (Lipinski definition) is 2. The lowest BCUT2D eigenvalue weighted by atomic mass is 9.51. The Morgan fingerprint density at radius 3 is 2.71 bits per heavy atom. The zero-order chi connectivity index (χ0) is 9.87. The van der Waals surface area contributed by atoms with Gasteiger partial charge in [0.15, 0.2) is 0 Å². The van der Waals surface area contributed by atoms with Gasteiger partial charge in [0.1, 0.15) is 5.78 Å². The van der Waals surface area contributed by atoms with E-state index in [1.807, 2.05) is 0 Å². The number of carboxylic acid groups (broad SMARTS) is 1. The van der Waals surface area contributed by atoms with Crippen molar-refractivity contribution >= 4 is 11.8 Å². The van der Waals surface area contributed by atoms with Crippen LogP contribution in [-0.2, 0) is 9.59 Å². The van der Waals surface area contributed by atoms with Gasteiger partial charge in [0.05, 0.1) is 5.92 Å². The molecule has 4 rings (SSSR count). The third-order valence-electron chi connectivity index (χ3n) is 4.42. The fourth-order valence-electron chi connectivity index (χ4n) is 4.01. The van der Waals surface area contributed by atoms with Crippen molar-refractivity contribution in [1.82, 2.24) is 0 Å². The van der Waals surface area contributed by atoms with Crippen molar-refractivity contribution in [3.8, 4) is 0 Å². The molecule has 0 aromatic heterocycles. The molecule has 0 aromatic rings. The standard InChI is InChI=1S/C11H14O3/c12-10-7-2-5-1-6(4-7)9(11(13)14)8(10)3-5/h5-9H,1-4H2,(H,13,14)/t5-,6+,7-,8+,9+/m0/s1. The SMILES string of the molecule is O=C(O)[C@@H]1[C@@H]2C[C@H]3C[C@@H](C2)C(=O)[C@@H]1C3. The van der Waals surface area contributed by atoms with Crippen LogP contribution in [0.4, 0.5) is 0 Å². The lowest BCUT2D eigenvalue weighted by Gasteiger charge is -2.51. The Hall–Kier alpha value is -0.860. The first-order valence-corrected chi connectivity index (χ1v) is 5.43. The molecule has 3 nitrogen and oxygen atoms in total. The molecule has 4 saturated carbocycles. The number of carboxylic acids is 1. The largest absolute Gasteiger partial charge is 0.481 e. The molecule has 0 aromatic carbocycles. The lowest BCUT2D eigenvalue weighted by molar-refractivity contribution is -0.164. The zero-order valence-corrected chi connectivity index (χ0v) is 7.98. The highest BCUT2D eigenvalue weighted by atomic mass is 16.4. The first kappa shape index (κ1) is 8.45. The summed E-state index contributed by atoms with van der Waals surface area (Å²) in [5, 5.41) is 9.11. The quantitative estimate of drug-likeness (QED) is 0.685. The maximum Gasteiger partial charge on any atom is 0.307 e. The summed E-state index contributed by atoms with van der Waals surface area (Å²) < 4.78 is 0. The van der Waals surface area contributed by atoms with Gasteiger partial charge in [0.25, 0.3) is 0 Å². The van der Waals surface area contributed by atoms with Crippen molar-refractivity contribution in [2.45, 2.75) is 25.7 Å². The minimum absolute atomic E-state index is 0.135. The smallest absolute Gasteiger partial charge is 0.307 e. The van der Waals surface area contributed by atoms with E-state index in [1.165, 1.54) is 0 Å². The molecule has 4 aliphatic rings. The van der Waals surface area contributed by atoms with E-state index in [4.69, 9.17) is 5.11 Å². The second kappa shape index (κ2) is 2.59. The van der Waals surface area contributed by atoms with Crippen LogP contribution in [0.3, 0.4) is 0 Å². The number of aliphatic carboxylic acids is 1. The minimum atomic E-state index is -0.743. The predicted molar refractivity (Wildman–Crippen MR) is 48.6 cm³/mol. The van der Waals surface area contributed by atoms with Crippen LogP contribution in [0.1, 0.15) is 25.7 Å². The molecule has 76 valence electrons. The van der Waals surface area contributed by atoms with Crippen LogP contribution < -0.4 is 0 Å². The fourth-order valence-corrected chi connectivity index (χ4v) is 4.01. The molecule has 0 aliphatic heterocycles. The van der Waals surface area contributed by atoms with Gasteiger partial charge in [-0.1, -0.05) is 0 Å². The van der Waals surface area contributed by atoms with Crippen LogP contribution in [0.15, 0.2) is 0 Å². The third-order valence-corrected chi connectivity index (χ3v) is 4.42. The Labute approximate surface area is 82.5 Å². The highest BCUT2D eigenvalue weighted by molar-refractivity contribution is 5.90. The van der Waals surface area contributed by atoms with Crippen molar-refractivity contribution in [3.05, 3.63) is 0 Å². The summed E-state index contributed by atoms with van der Waals surface area (Å²) in [7, 11) is 0. The summed E-state index contributed by atoms with van der Waals surface area (Å²) in [6, 6.07) is 0. The number of hydrogen-bond donors (Lipinski definition) is 1. The van der Waals surface area contributed by atoms with Crippen LogP contribution in [-0.4, -0.2) is 16.9 Å². The highest BCUT2D eigenvalue weighted by Gasteiger charge is 2.55. The van der Waals surface area contributed by atoms with Crippen LogP contribution >= 0.6 is 0 Å². The van der Waals surface area contributed by atoms with Crippen LogP contribution in [0, 0.1) is 29.6 Å². The molecule has 0 spiro atoms. The van der Waals surface area contributed by atoms with E-state index in [0.717, 1.165) is 25.7 Å². The van der Waals surface area contributed by atoms with Crippen LogP contribution in [0.25, 0.3) is 0 Å². The van der Waals surface area contributed by atoms with Gasteiger partial charge in [-0.3, -0.25) is 9.59 Å². The second-order valence-electron chi connectivity index (χ2n) is 5.14. The Balaban J connectivity index is 1.97. The van der Waals surface area contributed by atoms with Gasteiger partial charge in [-0.2, -0.15) is 0 Å². The summed E-state index contributed by atoms with van der Waals surface area (Å²) in [5.41, 5.74) is 0. The Morgan fingerprint density at radius 2 is 2.00 bits per heavy atom. The summed E-state index contributed by atoms with van der Waals surface area (Å²) in [5.74, 6) is 0.189. The van der Waals surface area contributed by atoms with Gasteiger partial charge >= 0.3 is 5.97 Å². The summed E-state index contributed by atoms with van der Waals surface area (Å²) in [6.07, 6.45) is 3.79. The van der Waals surface area contributed by atoms with Gasteiger partial charge in [-0.25, -0.2) is 0 Å². The third kappa shape index (κ3) is 0.928. The molecule has 0 unspecified atom stereocenters. The predicted octanol–water partition coefficient (Wildman–Crippen LogP) is 1.32. The number of carbonyl (C=O) groups excluding carboxylic acids is 1. The van der Waals surface area contributed by atoms with Gasteiger partial charge < -0.3 is 5.11 Å². The monoisotopic (exact) mass is 194 g/mol. The highest BCUT2D eigenvalue weighted by Crippen LogP contribution is 2.54. The number of rotatable bonds is 1. The first-order valence-electron chi connectivity index (χ1n) is 5.43. The maximum atomic E-state index is 11.8. The second-order valence-corrected chi connectivity index (χ2v) is 5.14. The summed E-state index contributed by atoms with van der Waals surface area (Å²) in [6.45, 7) is 0. The summed E-state index contributed by atoms with van der Waals surface area (Å²) >= 11 is 0. The van der Waals surface area contributed by atoms with Gasteiger partial charge in [-0.05, 0) is 37.5 Å². The molecule has 0 heterocycles. The fraction of sp³-hybridized carbons (Fsp3) is 0.818. The van der Waals surface area contributed by atoms with E-state index < -0.39 is 5.97 Å². The molecular weight excluding hydrogens is 180 g/mol. The number of carbonyl (C=O) groups is 2. The van der Waals surface area contributed by atoms with E-state index in [0.29, 0.717) is 11.8 Å². The van der Waals surface area contributed by atoms with Crippen molar-refractivity contribution < 1.29 is 14.7 Å². The van der Waals surface area contributed by atoms with Crippen molar-refractivity contribution in [3.63, 3.8) is 0 Å². The number of Topliss-reactive ketones (excluding diaryl/α,β-unsaturated/α-hetero) is 1. The molecule has 3 heteroatoms. The average molecular weight is 194 g/mol. The Bertz CT molecular complexity index is 310. The lowest BCUT2D eigenvalue weighted by Crippen LogP contribution is -2.53. The zero-order valence-electron chi connectivity index (χ0n) is 7.98. The molecule has 14 heavy (non-hydrogen) atoms. The van der Waals surface area contributed by atoms with Crippen LogP contribution in [0.2, 0.25) is 0 Å². The topological polar surface area (TPSA) is 54.4 Å². The van der Waals surface area contributed by atoms with Gasteiger partial charge in [0, 0.05) is 11.8 Å². The molecule has 0 saturated heterocycles. The Morgan fingerprint density at radius 1 is 1.21 bits per heavy atom. The molecule has 4 bridgehead atoms. The molecule has 0 radical (unpaired) electrons. The molecule has 1 N–H and O–H groups in total. The maximum absolute atomic E-state index is 11.8. The van der Waals surface area contributed by atoms with E-state index in [9.17, 15) is 9.59 Å². The molecule has 4 fully saturated rings. The first-order chi connectivity index (χ1) is 6.66. The molecule has 4 aliphatic carbocycles. The van der Waals surface area contributed by atoms with E-state index >= 15 is 0 Å². The van der Waals surface area contributed by atoms with Crippen molar-refractivity contribution in [2.75, 3.05) is 0 Å². The molecule has 0 amide bonds. The summed E-state index contributed by atoms with van der Waals surface area (Å²) in [4.78, 5) is 22.9. The van der Waals surface area contributed by atoms with Gasteiger partial charge in [0.2, 0.25) is 0 Å². The van der Waals surface area contributed by atoms with E-state index in [-0.39, 0.29) is 23.5 Å². The van der Waals surface area contributed by atoms with Gasteiger partial charge in [-0.15, -0.1) is 0 Å². The minimum Gasteiger partial charge on any atom is -0.481 e. The van der Waals surface area contributed by atoms with Crippen molar-refractivity contribution in [1.29, 1.82) is 0 Å². The Kier molecular flexibility index (Phi) is 1.56. The molecule has 5 atom stereocenters. The molecular formula is C11H14O3. The van der Waals surface area contributed by atoms with E-state index in [2.05, 4.69) is 0 Å².